The lowest BCUT2D eigenvalue weighted by Crippen LogP contribution is -2.63. The molecule has 0 aliphatic heterocycles. The lowest BCUT2D eigenvalue weighted by Gasteiger charge is -2.55. The maximum atomic E-state index is 5.89. The molecule has 1 N–H and O–H groups in total. The second-order valence-electron chi connectivity index (χ2n) is 5.49. The summed E-state index contributed by atoms with van der Waals surface area (Å²) >= 11 is 0. The maximum absolute atomic E-state index is 5.89. The Morgan fingerprint density at radius 2 is 2.00 bits per heavy atom. The highest BCUT2D eigenvalue weighted by Gasteiger charge is 2.56. The second kappa shape index (κ2) is 4.42. The third kappa shape index (κ3) is 1.94. The molecule has 0 aromatic heterocycles. The predicted octanol–water partition coefficient (Wildman–Crippen LogP) is 2.72. The van der Waals surface area contributed by atoms with Crippen molar-refractivity contribution in [1.29, 1.82) is 0 Å². The summed E-state index contributed by atoms with van der Waals surface area (Å²) in [6.07, 6.45) is 7.33. The van der Waals surface area contributed by atoms with E-state index in [1.807, 2.05) is 0 Å². The maximum Gasteiger partial charge on any atom is 0.0661 e. The van der Waals surface area contributed by atoms with Gasteiger partial charge < -0.3 is 10.1 Å². The van der Waals surface area contributed by atoms with Crippen molar-refractivity contribution in [2.45, 2.75) is 71.1 Å². The molecule has 2 unspecified atom stereocenters. The smallest absolute Gasteiger partial charge is 0.0661 e. The van der Waals surface area contributed by atoms with Crippen LogP contribution in [0.2, 0.25) is 0 Å². The van der Waals surface area contributed by atoms with Crippen LogP contribution in [-0.2, 0) is 4.74 Å². The van der Waals surface area contributed by atoms with Crippen LogP contribution in [0.5, 0.6) is 0 Å². The van der Waals surface area contributed by atoms with Crippen LogP contribution in [0, 0.1) is 5.41 Å². The van der Waals surface area contributed by atoms with Gasteiger partial charge in [-0.3, -0.25) is 0 Å². The molecule has 15 heavy (non-hydrogen) atoms. The first-order chi connectivity index (χ1) is 7.19. The van der Waals surface area contributed by atoms with Crippen LogP contribution in [0.3, 0.4) is 0 Å². The summed E-state index contributed by atoms with van der Waals surface area (Å²) < 4.78 is 5.89. The molecule has 2 nitrogen and oxygen atoms in total. The minimum atomic E-state index is 0.500. The van der Waals surface area contributed by atoms with Gasteiger partial charge in [-0.15, -0.1) is 0 Å². The molecule has 2 aliphatic carbocycles. The van der Waals surface area contributed by atoms with Crippen molar-refractivity contribution in [3.8, 4) is 0 Å². The Balaban J connectivity index is 1.98. The highest BCUT2D eigenvalue weighted by atomic mass is 16.5. The SMILES string of the molecule is CCOC1CC(NC(C)C)C12CCCC2. The van der Waals surface area contributed by atoms with Gasteiger partial charge in [-0.05, 0) is 26.2 Å². The molecule has 2 atom stereocenters. The molecule has 0 radical (unpaired) electrons. The van der Waals surface area contributed by atoms with E-state index in [1.54, 1.807) is 0 Å². The van der Waals surface area contributed by atoms with Crippen LogP contribution in [-0.4, -0.2) is 24.8 Å². The van der Waals surface area contributed by atoms with Crippen LogP contribution in [0.25, 0.3) is 0 Å². The fraction of sp³-hybridized carbons (Fsp3) is 1.00. The molecule has 2 saturated carbocycles. The Bertz CT molecular complexity index is 209. The van der Waals surface area contributed by atoms with Gasteiger partial charge in [0.25, 0.3) is 0 Å². The summed E-state index contributed by atoms with van der Waals surface area (Å²) in [5.74, 6) is 0. The van der Waals surface area contributed by atoms with Gasteiger partial charge >= 0.3 is 0 Å². The Hall–Kier alpha value is -0.0800. The Morgan fingerprint density at radius 1 is 1.33 bits per heavy atom. The number of ether oxygens (including phenoxy) is 1. The van der Waals surface area contributed by atoms with Crippen molar-refractivity contribution in [2.75, 3.05) is 6.61 Å². The number of hydrogen-bond acceptors (Lipinski definition) is 2. The first-order valence-electron chi connectivity index (χ1n) is 6.56. The van der Waals surface area contributed by atoms with Crippen molar-refractivity contribution in [1.82, 2.24) is 5.32 Å². The molecule has 0 bridgehead atoms. The van der Waals surface area contributed by atoms with Crippen LogP contribution >= 0.6 is 0 Å². The van der Waals surface area contributed by atoms with E-state index in [0.29, 0.717) is 17.6 Å². The molecule has 2 heteroatoms. The van der Waals surface area contributed by atoms with Crippen LogP contribution < -0.4 is 5.32 Å². The minimum Gasteiger partial charge on any atom is -0.378 e. The van der Waals surface area contributed by atoms with Crippen molar-refractivity contribution in [3.05, 3.63) is 0 Å². The molecular formula is C13H25NO. The van der Waals surface area contributed by atoms with Gasteiger partial charge in [0.05, 0.1) is 6.10 Å². The standard InChI is InChI=1S/C13H25NO/c1-4-15-12-9-11(14-10(2)3)13(12)7-5-6-8-13/h10-12,14H,4-9H2,1-3H3. The lowest BCUT2D eigenvalue weighted by atomic mass is 9.60. The summed E-state index contributed by atoms with van der Waals surface area (Å²) in [5, 5.41) is 3.72. The van der Waals surface area contributed by atoms with Gasteiger partial charge in [0, 0.05) is 24.1 Å². The lowest BCUT2D eigenvalue weighted by molar-refractivity contribution is -0.131. The Labute approximate surface area is 93.8 Å². The van der Waals surface area contributed by atoms with Crippen molar-refractivity contribution in [2.24, 2.45) is 5.41 Å². The first kappa shape index (κ1) is 11.4. The van der Waals surface area contributed by atoms with E-state index in [2.05, 4.69) is 26.1 Å². The number of rotatable bonds is 4. The van der Waals surface area contributed by atoms with E-state index in [4.69, 9.17) is 4.74 Å². The third-order valence-electron chi connectivity index (χ3n) is 4.22. The van der Waals surface area contributed by atoms with Crippen molar-refractivity contribution < 1.29 is 4.74 Å². The summed E-state index contributed by atoms with van der Waals surface area (Å²) in [7, 11) is 0. The largest absolute Gasteiger partial charge is 0.378 e. The summed E-state index contributed by atoms with van der Waals surface area (Å²) in [6.45, 7) is 7.49. The van der Waals surface area contributed by atoms with Gasteiger partial charge in [0.1, 0.15) is 0 Å². The normalized spacial score (nSPS) is 33.6. The zero-order valence-corrected chi connectivity index (χ0v) is 10.4. The van der Waals surface area contributed by atoms with E-state index >= 15 is 0 Å². The summed E-state index contributed by atoms with van der Waals surface area (Å²) in [5.41, 5.74) is 0.500. The third-order valence-corrected chi connectivity index (χ3v) is 4.22. The average Bonchev–Trinajstić information content (AvgIpc) is 2.67. The molecule has 2 rings (SSSR count). The van der Waals surface area contributed by atoms with Gasteiger partial charge in [-0.1, -0.05) is 26.7 Å². The van der Waals surface area contributed by atoms with E-state index in [-0.39, 0.29) is 0 Å². The minimum absolute atomic E-state index is 0.500. The molecule has 0 saturated heterocycles. The zero-order valence-electron chi connectivity index (χ0n) is 10.4. The van der Waals surface area contributed by atoms with Gasteiger partial charge in [0.15, 0.2) is 0 Å². The first-order valence-corrected chi connectivity index (χ1v) is 6.56. The van der Waals surface area contributed by atoms with Crippen LogP contribution in [0.1, 0.15) is 52.9 Å². The monoisotopic (exact) mass is 211 g/mol. The zero-order chi connectivity index (χ0) is 10.9. The second-order valence-corrected chi connectivity index (χ2v) is 5.49. The fourth-order valence-corrected chi connectivity index (χ4v) is 3.52. The van der Waals surface area contributed by atoms with Gasteiger partial charge in [-0.2, -0.15) is 0 Å². The van der Waals surface area contributed by atoms with E-state index in [1.165, 1.54) is 32.1 Å². The highest BCUT2D eigenvalue weighted by Crippen LogP contribution is 2.54. The molecule has 88 valence electrons. The number of hydrogen-bond donors (Lipinski definition) is 1. The van der Waals surface area contributed by atoms with Crippen molar-refractivity contribution >= 4 is 0 Å². The van der Waals surface area contributed by atoms with Gasteiger partial charge in [0.2, 0.25) is 0 Å². The topological polar surface area (TPSA) is 21.3 Å². The molecule has 0 aromatic rings. The van der Waals surface area contributed by atoms with Crippen LogP contribution in [0.4, 0.5) is 0 Å². The van der Waals surface area contributed by atoms with E-state index in [0.717, 1.165) is 12.6 Å². The fourth-order valence-electron chi connectivity index (χ4n) is 3.52. The molecule has 0 heterocycles. The summed E-state index contributed by atoms with van der Waals surface area (Å²) in [6, 6.07) is 1.33. The Morgan fingerprint density at radius 3 is 2.53 bits per heavy atom. The summed E-state index contributed by atoms with van der Waals surface area (Å²) in [4.78, 5) is 0. The van der Waals surface area contributed by atoms with Gasteiger partial charge in [-0.25, -0.2) is 0 Å². The molecule has 2 aliphatic rings. The predicted molar refractivity (Wildman–Crippen MR) is 63.0 cm³/mol. The van der Waals surface area contributed by atoms with Crippen LogP contribution in [0.15, 0.2) is 0 Å². The van der Waals surface area contributed by atoms with E-state index < -0.39 is 0 Å². The molecule has 0 amide bonds. The quantitative estimate of drug-likeness (QED) is 0.772. The molecule has 2 fully saturated rings. The highest BCUT2D eigenvalue weighted by molar-refractivity contribution is 5.10. The molecular weight excluding hydrogens is 186 g/mol. The molecule has 1 spiro atoms. The molecule has 0 aromatic carbocycles. The van der Waals surface area contributed by atoms with E-state index in [9.17, 15) is 0 Å². The van der Waals surface area contributed by atoms with Crippen molar-refractivity contribution in [3.63, 3.8) is 0 Å². The Kier molecular flexibility index (Phi) is 3.36. The number of nitrogens with one attached hydrogen (secondary N) is 1. The average molecular weight is 211 g/mol.